The second kappa shape index (κ2) is 9.77. The Bertz CT molecular complexity index is 1280. The number of ether oxygens (including phenoxy) is 2. The number of hydrogen-bond acceptors (Lipinski definition) is 4. The maximum absolute atomic E-state index is 13.0. The molecule has 2 N–H and O–H groups in total. The number of fused-ring (bicyclic) bond motifs is 1. The zero-order valence-electron chi connectivity index (χ0n) is 19.4. The number of aromatic nitrogens is 2. The van der Waals surface area contributed by atoms with Crippen molar-refractivity contribution in [2.24, 2.45) is 0 Å². The summed E-state index contributed by atoms with van der Waals surface area (Å²) in [5.41, 5.74) is 5.39. The zero-order valence-corrected chi connectivity index (χ0v) is 19.4. The van der Waals surface area contributed by atoms with Crippen LogP contribution in [-0.4, -0.2) is 36.1 Å². The molecule has 33 heavy (non-hydrogen) atoms. The fourth-order valence-corrected chi connectivity index (χ4v) is 4.18. The molecular formula is C27H29N3O3. The van der Waals surface area contributed by atoms with Crippen LogP contribution >= 0.6 is 0 Å². The van der Waals surface area contributed by atoms with Crippen LogP contribution in [0.25, 0.3) is 10.9 Å². The average molecular weight is 444 g/mol. The fourth-order valence-electron chi connectivity index (χ4n) is 4.18. The Morgan fingerprint density at radius 1 is 1.09 bits per heavy atom. The number of carbonyl (C=O) groups is 1. The minimum atomic E-state index is -0.136. The molecule has 0 aliphatic heterocycles. The zero-order chi connectivity index (χ0) is 23.4. The van der Waals surface area contributed by atoms with E-state index in [1.165, 1.54) is 0 Å². The van der Waals surface area contributed by atoms with Crippen LogP contribution in [0.2, 0.25) is 0 Å². The third-order valence-corrected chi connectivity index (χ3v) is 5.82. The molecule has 6 heteroatoms. The topological polar surface area (TPSA) is 76.2 Å². The van der Waals surface area contributed by atoms with Crippen molar-refractivity contribution in [1.82, 2.24) is 15.3 Å². The summed E-state index contributed by atoms with van der Waals surface area (Å²) in [6, 6.07) is 17.8. The first-order valence-electron chi connectivity index (χ1n) is 11.1. The second-order valence-electron chi connectivity index (χ2n) is 7.98. The molecule has 0 bridgehead atoms. The van der Waals surface area contributed by atoms with Crippen LogP contribution in [0.5, 0.6) is 11.5 Å². The quantitative estimate of drug-likeness (QED) is 0.395. The molecule has 0 spiro atoms. The lowest BCUT2D eigenvalue weighted by molar-refractivity contribution is 0.0951. The van der Waals surface area contributed by atoms with Crippen molar-refractivity contribution in [3.63, 3.8) is 0 Å². The summed E-state index contributed by atoms with van der Waals surface area (Å²) in [6.45, 7) is 6.70. The standard InChI is InChI=1S/C27H29N3O3/c1-5-33-25-13-11-19(14-26(25)32-4)22(23-16-28-24-9-7-6-8-21(23)24)15-29-27(31)20-12-10-17(2)30-18(20)3/h6-14,16,22,28H,5,15H2,1-4H3,(H,29,31). The van der Waals surface area contributed by atoms with E-state index in [2.05, 4.69) is 27.4 Å². The Morgan fingerprint density at radius 3 is 2.67 bits per heavy atom. The van der Waals surface area contributed by atoms with Crippen molar-refractivity contribution >= 4 is 16.8 Å². The third-order valence-electron chi connectivity index (χ3n) is 5.82. The van der Waals surface area contributed by atoms with Gasteiger partial charge in [-0.25, -0.2) is 0 Å². The van der Waals surface area contributed by atoms with Crippen LogP contribution in [0.4, 0.5) is 0 Å². The number of nitrogens with one attached hydrogen (secondary N) is 2. The fraction of sp³-hybridized carbons (Fsp3) is 0.259. The smallest absolute Gasteiger partial charge is 0.253 e. The molecule has 1 unspecified atom stereocenters. The van der Waals surface area contributed by atoms with Gasteiger partial charge in [0.1, 0.15) is 0 Å². The van der Waals surface area contributed by atoms with Gasteiger partial charge in [0, 0.05) is 35.3 Å². The number of hydrogen-bond donors (Lipinski definition) is 2. The summed E-state index contributed by atoms with van der Waals surface area (Å²) in [4.78, 5) is 20.8. The summed E-state index contributed by atoms with van der Waals surface area (Å²) >= 11 is 0. The van der Waals surface area contributed by atoms with E-state index in [1.807, 2.05) is 69.4 Å². The third kappa shape index (κ3) is 4.70. The van der Waals surface area contributed by atoms with Gasteiger partial charge in [-0.3, -0.25) is 9.78 Å². The number of rotatable bonds is 8. The van der Waals surface area contributed by atoms with Gasteiger partial charge in [-0.2, -0.15) is 0 Å². The summed E-state index contributed by atoms with van der Waals surface area (Å²) in [5, 5.41) is 4.25. The Kier molecular flexibility index (Phi) is 6.63. The monoisotopic (exact) mass is 443 g/mol. The lowest BCUT2D eigenvalue weighted by Crippen LogP contribution is -2.29. The number of benzene rings is 2. The molecule has 0 saturated heterocycles. The molecule has 0 aliphatic carbocycles. The molecule has 0 radical (unpaired) electrons. The van der Waals surface area contributed by atoms with Gasteiger partial charge in [-0.1, -0.05) is 24.3 Å². The first-order valence-corrected chi connectivity index (χ1v) is 11.1. The molecule has 1 atom stereocenters. The minimum absolute atomic E-state index is 0.0895. The normalized spacial score (nSPS) is 11.9. The van der Waals surface area contributed by atoms with E-state index in [4.69, 9.17) is 9.47 Å². The molecule has 0 fully saturated rings. The molecule has 1 amide bonds. The van der Waals surface area contributed by atoms with Crippen molar-refractivity contribution in [2.45, 2.75) is 26.7 Å². The van der Waals surface area contributed by atoms with E-state index in [-0.39, 0.29) is 11.8 Å². The van der Waals surface area contributed by atoms with Crippen LogP contribution in [0.15, 0.2) is 60.8 Å². The van der Waals surface area contributed by atoms with Crippen molar-refractivity contribution in [2.75, 3.05) is 20.3 Å². The van der Waals surface area contributed by atoms with Gasteiger partial charge >= 0.3 is 0 Å². The van der Waals surface area contributed by atoms with E-state index in [9.17, 15) is 4.79 Å². The van der Waals surface area contributed by atoms with Gasteiger partial charge in [0.2, 0.25) is 0 Å². The predicted molar refractivity (Wildman–Crippen MR) is 130 cm³/mol. The number of aromatic amines is 1. The summed E-state index contributed by atoms with van der Waals surface area (Å²) in [7, 11) is 1.64. The highest BCUT2D eigenvalue weighted by atomic mass is 16.5. The van der Waals surface area contributed by atoms with Crippen LogP contribution in [-0.2, 0) is 0 Å². The van der Waals surface area contributed by atoms with Gasteiger partial charge in [0.15, 0.2) is 11.5 Å². The van der Waals surface area contributed by atoms with Crippen molar-refractivity contribution in [3.8, 4) is 11.5 Å². The van der Waals surface area contributed by atoms with E-state index in [0.29, 0.717) is 30.2 Å². The van der Waals surface area contributed by atoms with Crippen molar-refractivity contribution < 1.29 is 14.3 Å². The molecule has 2 heterocycles. The second-order valence-corrected chi connectivity index (χ2v) is 7.98. The number of H-pyrrole nitrogens is 1. The average Bonchev–Trinajstić information content (AvgIpc) is 3.24. The number of methoxy groups -OCH3 is 1. The van der Waals surface area contributed by atoms with Gasteiger partial charge in [-0.15, -0.1) is 0 Å². The number of carbonyl (C=O) groups excluding carboxylic acids is 1. The van der Waals surface area contributed by atoms with Crippen LogP contribution in [0, 0.1) is 13.8 Å². The van der Waals surface area contributed by atoms with E-state index in [0.717, 1.165) is 33.4 Å². The van der Waals surface area contributed by atoms with E-state index >= 15 is 0 Å². The summed E-state index contributed by atoms with van der Waals surface area (Å²) < 4.78 is 11.3. The summed E-state index contributed by atoms with van der Waals surface area (Å²) in [6.07, 6.45) is 2.02. The van der Waals surface area contributed by atoms with E-state index in [1.54, 1.807) is 7.11 Å². The molecule has 170 valence electrons. The van der Waals surface area contributed by atoms with Gasteiger partial charge in [0.25, 0.3) is 5.91 Å². The molecule has 4 rings (SSSR count). The van der Waals surface area contributed by atoms with Crippen LogP contribution < -0.4 is 14.8 Å². The van der Waals surface area contributed by atoms with E-state index < -0.39 is 0 Å². The Morgan fingerprint density at radius 2 is 1.91 bits per heavy atom. The minimum Gasteiger partial charge on any atom is -0.493 e. The SMILES string of the molecule is CCOc1ccc(C(CNC(=O)c2ccc(C)nc2C)c2c[nH]c3ccccc23)cc1OC. The van der Waals surface area contributed by atoms with Crippen LogP contribution in [0.3, 0.4) is 0 Å². The highest BCUT2D eigenvalue weighted by Crippen LogP contribution is 2.36. The molecule has 2 aromatic heterocycles. The van der Waals surface area contributed by atoms with Crippen molar-refractivity contribution in [1.29, 1.82) is 0 Å². The summed E-state index contributed by atoms with van der Waals surface area (Å²) in [5.74, 6) is 1.15. The highest BCUT2D eigenvalue weighted by Gasteiger charge is 2.22. The predicted octanol–water partition coefficient (Wildman–Crippen LogP) is 5.15. The Balaban J connectivity index is 1.70. The highest BCUT2D eigenvalue weighted by molar-refractivity contribution is 5.95. The van der Waals surface area contributed by atoms with Crippen molar-refractivity contribution in [3.05, 3.63) is 88.9 Å². The number of nitrogens with zero attached hydrogens (tertiary/aromatic N) is 1. The van der Waals surface area contributed by atoms with Gasteiger partial charge < -0.3 is 19.8 Å². The lowest BCUT2D eigenvalue weighted by atomic mass is 9.90. The van der Waals surface area contributed by atoms with Crippen LogP contribution in [0.1, 0.15) is 45.7 Å². The van der Waals surface area contributed by atoms with Gasteiger partial charge in [0.05, 0.1) is 25.0 Å². The first-order chi connectivity index (χ1) is 16.0. The lowest BCUT2D eigenvalue weighted by Gasteiger charge is -2.20. The molecule has 4 aromatic rings. The Hall–Kier alpha value is -3.80. The van der Waals surface area contributed by atoms with Gasteiger partial charge in [-0.05, 0) is 62.2 Å². The maximum Gasteiger partial charge on any atom is 0.253 e. The largest absolute Gasteiger partial charge is 0.493 e. The first kappa shape index (κ1) is 22.4. The number of pyridine rings is 1. The molecular weight excluding hydrogens is 414 g/mol. The molecule has 6 nitrogen and oxygen atoms in total. The Labute approximate surface area is 194 Å². The number of aryl methyl sites for hydroxylation is 2. The molecule has 2 aromatic carbocycles. The molecule has 0 aliphatic rings. The number of para-hydroxylation sites is 1. The molecule has 0 saturated carbocycles. The maximum atomic E-state index is 13.0. The number of amides is 1.